The van der Waals surface area contributed by atoms with E-state index in [4.69, 9.17) is 0 Å². The summed E-state index contributed by atoms with van der Waals surface area (Å²) in [5, 5.41) is 8.42. The molecule has 1 aromatic carbocycles. The zero-order valence-corrected chi connectivity index (χ0v) is 14.4. The zero-order chi connectivity index (χ0) is 17.5. The second-order valence-electron chi connectivity index (χ2n) is 5.13. The van der Waals surface area contributed by atoms with E-state index in [-0.39, 0.29) is 17.5 Å². The number of anilines is 2. The molecule has 2 aromatic rings. The van der Waals surface area contributed by atoms with Gasteiger partial charge >= 0.3 is 0 Å². The quantitative estimate of drug-likeness (QED) is 0.473. The van der Waals surface area contributed by atoms with Crippen molar-refractivity contribution in [3.05, 3.63) is 41.7 Å². The van der Waals surface area contributed by atoms with Crippen LogP contribution in [0.25, 0.3) is 0 Å². The average molecular weight is 345 g/mol. The summed E-state index contributed by atoms with van der Waals surface area (Å²) >= 11 is 4.20. The first-order valence-corrected chi connectivity index (χ1v) is 7.83. The fourth-order valence-corrected chi connectivity index (χ4v) is 2.07. The average Bonchev–Trinajstić information content (AvgIpc) is 2.53. The van der Waals surface area contributed by atoms with Crippen molar-refractivity contribution in [3.8, 4) is 0 Å². The number of nitrogens with one attached hydrogen (secondary N) is 3. The molecule has 0 saturated heterocycles. The van der Waals surface area contributed by atoms with Gasteiger partial charge in [0.05, 0.1) is 0 Å². The van der Waals surface area contributed by atoms with Crippen molar-refractivity contribution in [3.63, 3.8) is 0 Å². The molecule has 2 rings (SSSR count). The maximum atomic E-state index is 12.3. The number of aryl methyl sites for hydroxylation is 1. The molecule has 8 heteroatoms. The topological polar surface area (TPSA) is 96.0 Å². The van der Waals surface area contributed by atoms with Gasteiger partial charge in [0.25, 0.3) is 5.91 Å². The molecule has 0 radical (unpaired) electrons. The summed E-state index contributed by atoms with van der Waals surface area (Å²) in [7, 11) is 0. The third kappa shape index (κ3) is 5.54. The Morgan fingerprint density at radius 3 is 2.50 bits per heavy atom. The monoisotopic (exact) mass is 345 g/mol. The number of carbonyl (C=O) groups excluding carboxylic acids is 2. The molecule has 0 aliphatic carbocycles. The number of carbonyl (C=O) groups is 2. The molecule has 0 bridgehead atoms. The Morgan fingerprint density at radius 2 is 1.83 bits per heavy atom. The van der Waals surface area contributed by atoms with Gasteiger partial charge in [-0.1, -0.05) is 0 Å². The molecule has 2 amide bonds. The molecule has 0 unspecified atom stereocenters. The minimum Gasteiger partial charge on any atom is -0.355 e. The van der Waals surface area contributed by atoms with Gasteiger partial charge in [-0.05, 0) is 37.3 Å². The molecule has 0 atom stereocenters. The number of hydrogen-bond acceptors (Lipinski definition) is 6. The van der Waals surface area contributed by atoms with Gasteiger partial charge in [-0.25, -0.2) is 9.97 Å². The molecule has 3 N–H and O–H groups in total. The van der Waals surface area contributed by atoms with Gasteiger partial charge in [-0.15, -0.1) is 12.6 Å². The van der Waals surface area contributed by atoms with Crippen LogP contribution in [0.3, 0.4) is 0 Å². The lowest BCUT2D eigenvalue weighted by Gasteiger charge is -2.09. The van der Waals surface area contributed by atoms with Gasteiger partial charge in [0, 0.05) is 36.3 Å². The summed E-state index contributed by atoms with van der Waals surface area (Å²) in [4.78, 5) is 32.4. The van der Waals surface area contributed by atoms with Gasteiger partial charge in [0.1, 0.15) is 5.69 Å². The lowest BCUT2D eigenvalue weighted by Crippen LogP contribution is -2.27. The first-order valence-electron chi connectivity index (χ1n) is 7.38. The summed E-state index contributed by atoms with van der Waals surface area (Å²) < 4.78 is 0. The number of hydrogen-bond donors (Lipinski definition) is 4. The Labute approximate surface area is 145 Å². The van der Waals surface area contributed by atoms with Gasteiger partial charge in [0.15, 0.2) is 0 Å². The van der Waals surface area contributed by atoms with Crippen molar-refractivity contribution < 1.29 is 9.59 Å². The maximum Gasteiger partial charge on any atom is 0.274 e. The SMILES string of the molecule is CC(=O)NCCNc1nc(C)cc(C(=O)Nc2ccc(S)cc2)n1. The van der Waals surface area contributed by atoms with E-state index in [0.717, 1.165) is 4.90 Å². The van der Waals surface area contributed by atoms with E-state index in [0.29, 0.717) is 30.4 Å². The third-order valence-electron chi connectivity index (χ3n) is 2.99. The van der Waals surface area contributed by atoms with E-state index >= 15 is 0 Å². The molecular formula is C16H19N5O2S. The fraction of sp³-hybridized carbons (Fsp3) is 0.250. The second kappa shape index (κ2) is 8.30. The van der Waals surface area contributed by atoms with Gasteiger partial charge in [0.2, 0.25) is 11.9 Å². The van der Waals surface area contributed by atoms with Crippen LogP contribution in [-0.2, 0) is 4.79 Å². The summed E-state index contributed by atoms with van der Waals surface area (Å²) in [6.45, 7) is 4.15. The maximum absolute atomic E-state index is 12.3. The third-order valence-corrected chi connectivity index (χ3v) is 3.29. The van der Waals surface area contributed by atoms with E-state index in [1.165, 1.54) is 6.92 Å². The molecule has 126 valence electrons. The molecule has 0 aliphatic rings. The van der Waals surface area contributed by atoms with Crippen LogP contribution in [0, 0.1) is 6.92 Å². The molecule has 0 spiro atoms. The number of thiol groups is 1. The van der Waals surface area contributed by atoms with Crippen LogP contribution in [-0.4, -0.2) is 34.9 Å². The van der Waals surface area contributed by atoms with Crippen LogP contribution >= 0.6 is 12.6 Å². The van der Waals surface area contributed by atoms with E-state index in [9.17, 15) is 9.59 Å². The van der Waals surface area contributed by atoms with E-state index in [1.54, 1.807) is 37.3 Å². The minimum atomic E-state index is -0.322. The highest BCUT2D eigenvalue weighted by atomic mass is 32.1. The number of nitrogens with zero attached hydrogens (tertiary/aromatic N) is 2. The Bertz CT molecular complexity index is 734. The van der Waals surface area contributed by atoms with E-state index < -0.39 is 0 Å². The first-order chi connectivity index (χ1) is 11.4. The molecule has 24 heavy (non-hydrogen) atoms. The van der Waals surface area contributed by atoms with Gasteiger partial charge < -0.3 is 16.0 Å². The lowest BCUT2D eigenvalue weighted by atomic mass is 10.3. The number of aromatic nitrogens is 2. The predicted octanol–water partition coefficient (Wildman–Crippen LogP) is 1.87. The highest BCUT2D eigenvalue weighted by Gasteiger charge is 2.11. The van der Waals surface area contributed by atoms with Crippen molar-refractivity contribution in [2.75, 3.05) is 23.7 Å². The predicted molar refractivity (Wildman–Crippen MR) is 95.6 cm³/mol. The van der Waals surface area contributed by atoms with Crippen LogP contribution < -0.4 is 16.0 Å². The molecule has 0 saturated carbocycles. The molecule has 1 heterocycles. The van der Waals surface area contributed by atoms with Gasteiger partial charge in [-0.2, -0.15) is 0 Å². The van der Waals surface area contributed by atoms with Crippen molar-refractivity contribution in [1.29, 1.82) is 0 Å². The van der Waals surface area contributed by atoms with Crippen molar-refractivity contribution in [1.82, 2.24) is 15.3 Å². The Kier molecular flexibility index (Phi) is 6.14. The number of benzene rings is 1. The molecule has 7 nitrogen and oxygen atoms in total. The van der Waals surface area contributed by atoms with Crippen molar-refractivity contribution in [2.45, 2.75) is 18.7 Å². The van der Waals surface area contributed by atoms with E-state index in [2.05, 4.69) is 38.5 Å². The van der Waals surface area contributed by atoms with Crippen LogP contribution in [0.1, 0.15) is 23.1 Å². The Morgan fingerprint density at radius 1 is 1.12 bits per heavy atom. The van der Waals surface area contributed by atoms with Crippen LogP contribution in [0.5, 0.6) is 0 Å². The first kappa shape index (κ1) is 17.7. The van der Waals surface area contributed by atoms with Crippen LogP contribution in [0.4, 0.5) is 11.6 Å². The highest BCUT2D eigenvalue weighted by Crippen LogP contribution is 2.13. The summed E-state index contributed by atoms with van der Waals surface area (Å²) in [6.07, 6.45) is 0. The summed E-state index contributed by atoms with van der Waals surface area (Å²) in [6, 6.07) is 8.72. The summed E-state index contributed by atoms with van der Waals surface area (Å²) in [5.41, 5.74) is 1.59. The standard InChI is InChI=1S/C16H19N5O2S/c1-10-9-14(15(23)20-12-3-5-13(24)6-4-12)21-16(19-10)18-8-7-17-11(2)22/h3-6,9,24H,7-8H2,1-2H3,(H,17,22)(H,20,23)(H,18,19,21). The van der Waals surface area contributed by atoms with Crippen LogP contribution in [0.15, 0.2) is 35.2 Å². The van der Waals surface area contributed by atoms with Crippen molar-refractivity contribution in [2.24, 2.45) is 0 Å². The normalized spacial score (nSPS) is 10.1. The minimum absolute atomic E-state index is 0.103. The Hall–Kier alpha value is -2.61. The van der Waals surface area contributed by atoms with Gasteiger partial charge in [-0.3, -0.25) is 9.59 Å². The molecular weight excluding hydrogens is 326 g/mol. The second-order valence-corrected chi connectivity index (χ2v) is 5.65. The number of amides is 2. The zero-order valence-electron chi connectivity index (χ0n) is 13.5. The summed E-state index contributed by atoms with van der Waals surface area (Å²) in [5.74, 6) is -0.0807. The molecule has 0 aliphatic heterocycles. The highest BCUT2D eigenvalue weighted by molar-refractivity contribution is 7.80. The Balaban J connectivity index is 2.02. The van der Waals surface area contributed by atoms with Crippen molar-refractivity contribution >= 4 is 36.1 Å². The lowest BCUT2D eigenvalue weighted by molar-refractivity contribution is -0.118. The largest absolute Gasteiger partial charge is 0.355 e. The van der Waals surface area contributed by atoms with Crippen LogP contribution in [0.2, 0.25) is 0 Å². The molecule has 1 aromatic heterocycles. The fourth-order valence-electron chi connectivity index (χ4n) is 1.92. The smallest absolute Gasteiger partial charge is 0.274 e. The van der Waals surface area contributed by atoms with E-state index in [1.807, 2.05) is 0 Å². The molecule has 0 fully saturated rings. The number of rotatable bonds is 6.